The number of nitrogens with zero attached hydrogens (tertiary/aromatic N) is 8. The Kier molecular flexibility index (Phi) is 7.06. The van der Waals surface area contributed by atoms with Crippen LogP contribution in [0.25, 0.3) is 22.6 Å². The van der Waals surface area contributed by atoms with Gasteiger partial charge in [-0.1, -0.05) is 23.4 Å². The maximum absolute atomic E-state index is 11.5. The van der Waals surface area contributed by atoms with Crippen molar-refractivity contribution < 1.29 is 9.90 Å². The summed E-state index contributed by atoms with van der Waals surface area (Å²) in [5.74, 6) is -0.978. The summed E-state index contributed by atoms with van der Waals surface area (Å²) in [4.78, 5) is 27.1. The molecule has 1 aromatic carbocycles. The number of nitriles is 1. The molecule has 192 valence electrons. The molecule has 3 N–H and O–H groups in total. The van der Waals surface area contributed by atoms with Gasteiger partial charge in [0.15, 0.2) is 0 Å². The van der Waals surface area contributed by atoms with E-state index in [1.807, 2.05) is 24.3 Å². The Hall–Kier alpha value is -4.69. The van der Waals surface area contributed by atoms with E-state index < -0.39 is 5.97 Å². The van der Waals surface area contributed by atoms with Crippen molar-refractivity contribution in [2.24, 2.45) is 5.92 Å². The standard InChI is InChI=1S/C27H27N9O2/c1-17(35-10-4-7-20(14-35)26(37)38)22-9-3-8-21(30-22)15-36-16-25(33-34-36)24-12-23(31-27(29)32-24)19-6-2-5-18(11-19)13-28/h2-3,5-6,8-9,11-12,16-17,20H,4,7,10,14-15H2,1H3,(H,37,38)(H2,29,31,32)/t17-,20+/m1/s1. The molecule has 5 rings (SSSR count). The molecular formula is C27H27N9O2. The van der Waals surface area contributed by atoms with Gasteiger partial charge in [0.25, 0.3) is 0 Å². The van der Waals surface area contributed by atoms with E-state index in [0.717, 1.165) is 29.9 Å². The van der Waals surface area contributed by atoms with Crippen molar-refractivity contribution in [3.8, 4) is 28.7 Å². The van der Waals surface area contributed by atoms with E-state index in [2.05, 4.69) is 38.2 Å². The lowest BCUT2D eigenvalue weighted by molar-refractivity contribution is -0.143. The number of carbonyl (C=O) groups is 1. The molecule has 11 heteroatoms. The fourth-order valence-corrected chi connectivity index (χ4v) is 4.72. The molecule has 0 saturated carbocycles. The molecule has 0 bridgehead atoms. The molecule has 4 heterocycles. The van der Waals surface area contributed by atoms with Gasteiger partial charge in [0.1, 0.15) is 5.69 Å². The zero-order valence-electron chi connectivity index (χ0n) is 20.9. The third-order valence-corrected chi connectivity index (χ3v) is 6.76. The number of hydrogen-bond donors (Lipinski definition) is 2. The monoisotopic (exact) mass is 509 g/mol. The summed E-state index contributed by atoms with van der Waals surface area (Å²) < 4.78 is 1.68. The second-order valence-electron chi connectivity index (χ2n) is 9.39. The Morgan fingerprint density at radius 2 is 1.97 bits per heavy atom. The number of nitrogen functional groups attached to an aromatic ring is 1. The number of carboxylic acid groups (broad SMARTS) is 1. The van der Waals surface area contributed by atoms with Gasteiger partial charge >= 0.3 is 5.97 Å². The molecule has 11 nitrogen and oxygen atoms in total. The Morgan fingerprint density at radius 1 is 1.16 bits per heavy atom. The van der Waals surface area contributed by atoms with E-state index >= 15 is 0 Å². The zero-order valence-corrected chi connectivity index (χ0v) is 20.9. The van der Waals surface area contributed by atoms with E-state index in [-0.39, 0.29) is 17.9 Å². The van der Waals surface area contributed by atoms with Crippen molar-refractivity contribution in [1.29, 1.82) is 5.26 Å². The van der Waals surface area contributed by atoms with E-state index in [4.69, 9.17) is 10.7 Å². The van der Waals surface area contributed by atoms with Gasteiger partial charge in [-0.2, -0.15) is 5.26 Å². The number of rotatable bonds is 7. The highest BCUT2D eigenvalue weighted by Gasteiger charge is 2.29. The average molecular weight is 510 g/mol. The van der Waals surface area contributed by atoms with Crippen LogP contribution in [-0.2, 0) is 11.3 Å². The summed E-state index contributed by atoms with van der Waals surface area (Å²) >= 11 is 0. The quantitative estimate of drug-likeness (QED) is 0.379. The highest BCUT2D eigenvalue weighted by atomic mass is 16.4. The van der Waals surface area contributed by atoms with Crippen LogP contribution in [0.2, 0.25) is 0 Å². The second-order valence-corrected chi connectivity index (χ2v) is 9.39. The summed E-state index contributed by atoms with van der Waals surface area (Å²) in [6.45, 7) is 3.85. The molecule has 1 saturated heterocycles. The Bertz CT molecular complexity index is 1510. The van der Waals surface area contributed by atoms with E-state index in [1.165, 1.54) is 0 Å². The summed E-state index contributed by atoms with van der Waals surface area (Å²) in [6.07, 6.45) is 3.35. The van der Waals surface area contributed by atoms with Gasteiger partial charge in [0.05, 0.1) is 53.1 Å². The van der Waals surface area contributed by atoms with Crippen molar-refractivity contribution in [2.45, 2.75) is 32.4 Å². The number of aliphatic carboxylic acids is 1. The van der Waals surface area contributed by atoms with Crippen LogP contribution in [0.15, 0.2) is 54.7 Å². The lowest BCUT2D eigenvalue weighted by Crippen LogP contribution is -2.40. The maximum Gasteiger partial charge on any atom is 0.307 e. The number of aromatic nitrogens is 6. The van der Waals surface area contributed by atoms with Crippen LogP contribution >= 0.6 is 0 Å². The fourth-order valence-electron chi connectivity index (χ4n) is 4.72. The minimum Gasteiger partial charge on any atom is -0.481 e. The molecular weight excluding hydrogens is 482 g/mol. The predicted octanol–water partition coefficient (Wildman–Crippen LogP) is 3.16. The second kappa shape index (κ2) is 10.7. The van der Waals surface area contributed by atoms with Gasteiger partial charge in [-0.15, -0.1) is 5.10 Å². The first-order valence-corrected chi connectivity index (χ1v) is 12.4. The number of pyridine rings is 1. The molecule has 3 aromatic heterocycles. The fraction of sp³-hybridized carbons (Fsp3) is 0.296. The molecule has 2 atom stereocenters. The summed E-state index contributed by atoms with van der Waals surface area (Å²) in [5, 5.41) is 27.2. The predicted molar refractivity (Wildman–Crippen MR) is 139 cm³/mol. The summed E-state index contributed by atoms with van der Waals surface area (Å²) in [6, 6.07) is 16.9. The van der Waals surface area contributed by atoms with Gasteiger partial charge in [-0.25, -0.2) is 14.6 Å². The molecule has 1 fully saturated rings. The topological polar surface area (TPSA) is 160 Å². The highest BCUT2D eigenvalue weighted by Crippen LogP contribution is 2.27. The molecule has 1 aliphatic heterocycles. The normalized spacial score (nSPS) is 16.6. The first kappa shape index (κ1) is 25.0. The molecule has 0 aliphatic carbocycles. The minimum atomic E-state index is -0.737. The Balaban J connectivity index is 1.33. The number of anilines is 1. The molecule has 0 unspecified atom stereocenters. The van der Waals surface area contributed by atoms with Crippen LogP contribution in [0.1, 0.15) is 42.8 Å². The molecule has 0 amide bonds. The number of carboxylic acids is 1. The molecule has 1 aliphatic rings. The molecule has 38 heavy (non-hydrogen) atoms. The largest absolute Gasteiger partial charge is 0.481 e. The van der Waals surface area contributed by atoms with Crippen LogP contribution in [-0.4, -0.2) is 59.0 Å². The summed E-state index contributed by atoms with van der Waals surface area (Å²) in [5.41, 5.74) is 10.6. The van der Waals surface area contributed by atoms with Crippen molar-refractivity contribution in [3.63, 3.8) is 0 Å². The zero-order chi connectivity index (χ0) is 26.6. The average Bonchev–Trinajstić information content (AvgIpc) is 3.41. The van der Waals surface area contributed by atoms with Crippen molar-refractivity contribution >= 4 is 11.9 Å². The molecule has 0 spiro atoms. The van der Waals surface area contributed by atoms with Gasteiger partial charge in [-0.05, 0) is 56.6 Å². The number of hydrogen-bond acceptors (Lipinski definition) is 9. The van der Waals surface area contributed by atoms with Crippen LogP contribution < -0.4 is 5.73 Å². The van der Waals surface area contributed by atoms with E-state index in [0.29, 0.717) is 42.2 Å². The van der Waals surface area contributed by atoms with Crippen molar-refractivity contribution in [1.82, 2.24) is 34.8 Å². The number of likely N-dealkylation sites (tertiary alicyclic amines) is 1. The number of benzene rings is 1. The maximum atomic E-state index is 11.5. The van der Waals surface area contributed by atoms with E-state index in [9.17, 15) is 15.2 Å². The van der Waals surface area contributed by atoms with Gasteiger partial charge in [0, 0.05) is 18.2 Å². The van der Waals surface area contributed by atoms with Crippen LogP contribution in [0.3, 0.4) is 0 Å². The van der Waals surface area contributed by atoms with Crippen molar-refractivity contribution in [3.05, 3.63) is 71.7 Å². The first-order chi connectivity index (χ1) is 18.4. The van der Waals surface area contributed by atoms with E-state index in [1.54, 1.807) is 35.1 Å². The first-order valence-electron chi connectivity index (χ1n) is 12.4. The van der Waals surface area contributed by atoms with Crippen LogP contribution in [0, 0.1) is 17.2 Å². The van der Waals surface area contributed by atoms with Gasteiger partial charge in [0.2, 0.25) is 5.95 Å². The minimum absolute atomic E-state index is 0.00496. The van der Waals surface area contributed by atoms with Gasteiger partial charge < -0.3 is 10.8 Å². The lowest BCUT2D eigenvalue weighted by atomic mass is 9.96. The Morgan fingerprint density at radius 3 is 2.79 bits per heavy atom. The third kappa shape index (κ3) is 5.50. The smallest absolute Gasteiger partial charge is 0.307 e. The van der Waals surface area contributed by atoms with Crippen LogP contribution in [0.4, 0.5) is 5.95 Å². The third-order valence-electron chi connectivity index (χ3n) is 6.76. The lowest BCUT2D eigenvalue weighted by Gasteiger charge is -2.35. The molecule has 0 radical (unpaired) electrons. The molecule has 4 aromatic rings. The highest BCUT2D eigenvalue weighted by molar-refractivity contribution is 5.70. The SMILES string of the molecule is C[C@H](c1cccc(Cn2cc(-c3cc(-c4cccc(C#N)c4)nc(N)n3)nn2)n1)N1CCC[C@H](C(=O)O)C1. The Labute approximate surface area is 219 Å². The van der Waals surface area contributed by atoms with Crippen molar-refractivity contribution in [2.75, 3.05) is 18.8 Å². The van der Waals surface area contributed by atoms with Crippen LogP contribution in [0.5, 0.6) is 0 Å². The number of nitrogens with two attached hydrogens (primary N) is 1. The summed E-state index contributed by atoms with van der Waals surface area (Å²) in [7, 11) is 0. The number of piperidine rings is 1. The van der Waals surface area contributed by atoms with Gasteiger partial charge in [-0.3, -0.25) is 14.7 Å².